The maximum Gasteiger partial charge on any atom is 0.125 e. The molecule has 0 saturated carbocycles. The van der Waals surface area contributed by atoms with Gasteiger partial charge in [0.25, 0.3) is 0 Å². The van der Waals surface area contributed by atoms with E-state index >= 15 is 0 Å². The van der Waals surface area contributed by atoms with E-state index in [0.29, 0.717) is 19.4 Å². The van der Waals surface area contributed by atoms with Gasteiger partial charge in [0, 0.05) is 62.1 Å². The summed E-state index contributed by atoms with van der Waals surface area (Å²) in [5, 5.41) is 18.1. The second kappa shape index (κ2) is 19.8. The molecule has 0 radical (unpaired) electrons. The quantitative estimate of drug-likeness (QED) is 0.548. The number of rotatable bonds is 7. The smallest absolute Gasteiger partial charge is 0.125 e. The van der Waals surface area contributed by atoms with E-state index in [1.807, 2.05) is 19.9 Å². The highest BCUT2D eigenvalue weighted by molar-refractivity contribution is 9.09. The second-order valence-corrected chi connectivity index (χ2v) is 6.47. The lowest BCUT2D eigenvalue weighted by Crippen LogP contribution is -2.02. The number of methoxy groups -OCH3 is 2. The van der Waals surface area contributed by atoms with Crippen LogP contribution in [0.25, 0.3) is 0 Å². The van der Waals surface area contributed by atoms with Crippen LogP contribution >= 0.6 is 15.9 Å². The van der Waals surface area contributed by atoms with Gasteiger partial charge < -0.3 is 9.47 Å². The van der Waals surface area contributed by atoms with Gasteiger partial charge in [-0.2, -0.15) is 10.5 Å². The molecule has 30 heavy (non-hydrogen) atoms. The molecule has 0 N–H and O–H groups in total. The van der Waals surface area contributed by atoms with Crippen LogP contribution in [0, 0.1) is 36.5 Å². The summed E-state index contributed by atoms with van der Waals surface area (Å²) in [6.07, 6.45) is 7.81. The maximum atomic E-state index is 8.91. The molecular weight excluding hydrogens is 448 g/mol. The molecule has 0 aliphatic heterocycles. The van der Waals surface area contributed by atoms with Crippen molar-refractivity contribution in [2.45, 2.75) is 40.0 Å². The zero-order valence-corrected chi connectivity index (χ0v) is 18.9. The highest BCUT2D eigenvalue weighted by atomic mass is 79.9. The van der Waals surface area contributed by atoms with Crippen LogP contribution in [0.4, 0.5) is 0 Å². The van der Waals surface area contributed by atoms with Crippen LogP contribution in [0.1, 0.15) is 42.5 Å². The predicted octanol–water partition coefficient (Wildman–Crippen LogP) is 3.94. The number of hydrogen-bond donors (Lipinski definition) is 0. The fourth-order valence-corrected chi connectivity index (χ4v) is 2.13. The van der Waals surface area contributed by atoms with Crippen molar-refractivity contribution in [2.75, 3.05) is 32.8 Å². The molecule has 0 aliphatic rings. The van der Waals surface area contributed by atoms with Crippen LogP contribution in [0.3, 0.4) is 0 Å². The Morgan fingerprint density at radius 3 is 1.80 bits per heavy atom. The minimum absolute atomic E-state index is 0. The van der Waals surface area contributed by atoms with Gasteiger partial charge in [-0.15, -0.1) is 0 Å². The van der Waals surface area contributed by atoms with Crippen LogP contribution < -0.4 is 0 Å². The molecule has 8 nitrogen and oxygen atoms in total. The molecule has 9 heteroatoms. The van der Waals surface area contributed by atoms with Gasteiger partial charge in [-0.1, -0.05) is 23.4 Å². The molecule has 0 fully saturated rings. The Morgan fingerprint density at radius 2 is 1.43 bits per heavy atom. The van der Waals surface area contributed by atoms with Crippen molar-refractivity contribution < 1.29 is 9.47 Å². The van der Waals surface area contributed by atoms with Crippen molar-refractivity contribution in [3.05, 3.63) is 47.6 Å². The summed E-state index contributed by atoms with van der Waals surface area (Å²) >= 11 is 3.18. The third-order valence-electron chi connectivity index (χ3n) is 3.37. The van der Waals surface area contributed by atoms with Gasteiger partial charge in [-0.3, -0.25) is 0 Å². The molecule has 0 amide bonds. The molecule has 1 unspecified atom stereocenters. The first-order valence-electron chi connectivity index (χ1n) is 8.88. The maximum absolute atomic E-state index is 8.91. The van der Waals surface area contributed by atoms with Gasteiger partial charge in [-0.25, -0.2) is 19.9 Å². The monoisotopic (exact) mass is 478 g/mol. The van der Waals surface area contributed by atoms with Crippen molar-refractivity contribution in [3.63, 3.8) is 0 Å². The normalized spacial score (nSPS) is 9.97. The average molecular weight is 479 g/mol. The third-order valence-corrected chi connectivity index (χ3v) is 3.69. The first-order valence-corrected chi connectivity index (χ1v) is 10.0. The Kier molecular flexibility index (Phi) is 19.7. The molecule has 0 bridgehead atoms. The van der Waals surface area contributed by atoms with Crippen molar-refractivity contribution in [1.82, 2.24) is 19.9 Å². The summed E-state index contributed by atoms with van der Waals surface area (Å²) in [6.45, 7) is 5.02. The highest BCUT2D eigenvalue weighted by Crippen LogP contribution is 2.16. The van der Waals surface area contributed by atoms with E-state index in [0.717, 1.165) is 34.7 Å². The van der Waals surface area contributed by atoms with E-state index in [1.54, 1.807) is 39.0 Å². The molecule has 1 atom stereocenters. The van der Waals surface area contributed by atoms with Gasteiger partial charge in [-0.05, 0) is 20.3 Å². The fourth-order valence-electron chi connectivity index (χ4n) is 1.80. The minimum Gasteiger partial charge on any atom is -0.385 e. The van der Waals surface area contributed by atoms with Crippen molar-refractivity contribution >= 4 is 15.9 Å². The van der Waals surface area contributed by atoms with Crippen molar-refractivity contribution in [2.24, 2.45) is 0 Å². The second-order valence-electron chi connectivity index (χ2n) is 5.68. The summed E-state index contributed by atoms with van der Waals surface area (Å²) in [5.74, 6) is 1.29. The minimum atomic E-state index is -0.171. The number of hydrogen-bond acceptors (Lipinski definition) is 8. The van der Waals surface area contributed by atoms with Gasteiger partial charge >= 0.3 is 0 Å². The summed E-state index contributed by atoms with van der Waals surface area (Å²) in [6, 6.07) is 4.24. The summed E-state index contributed by atoms with van der Waals surface area (Å²) in [4.78, 5) is 16.0. The molecule has 2 rings (SSSR count). The van der Waals surface area contributed by atoms with E-state index in [4.69, 9.17) is 15.3 Å². The van der Waals surface area contributed by atoms with Crippen LogP contribution in [0.5, 0.6) is 0 Å². The Hall–Kier alpha value is -2.46. The molecule has 0 saturated heterocycles. The van der Waals surface area contributed by atoms with E-state index < -0.39 is 0 Å². The summed E-state index contributed by atoms with van der Waals surface area (Å²) in [7, 11) is 3.31. The Bertz CT molecular complexity index is 740. The highest BCUT2D eigenvalue weighted by Gasteiger charge is 2.10. The molecule has 0 aliphatic carbocycles. The number of aryl methyl sites for hydroxylation is 2. The molecular formula is C21H31BrN6O2. The number of aromatic nitrogens is 4. The number of alkyl halides is 1. The lowest BCUT2D eigenvalue weighted by atomic mass is 10.0. The Morgan fingerprint density at radius 1 is 0.933 bits per heavy atom. The lowest BCUT2D eigenvalue weighted by molar-refractivity contribution is 0.192. The molecule has 2 aromatic heterocycles. The Labute approximate surface area is 188 Å². The van der Waals surface area contributed by atoms with Gasteiger partial charge in [0.15, 0.2) is 0 Å². The molecule has 0 aromatic carbocycles. The van der Waals surface area contributed by atoms with Crippen LogP contribution in [-0.4, -0.2) is 52.7 Å². The largest absolute Gasteiger partial charge is 0.385 e. The van der Waals surface area contributed by atoms with Crippen molar-refractivity contribution in [3.8, 4) is 12.1 Å². The van der Waals surface area contributed by atoms with E-state index in [-0.39, 0.29) is 13.3 Å². The lowest BCUT2D eigenvalue weighted by Gasteiger charge is -2.07. The zero-order chi connectivity index (χ0) is 21.9. The number of nitriles is 2. The summed E-state index contributed by atoms with van der Waals surface area (Å²) in [5.41, 5.74) is 1.73. The van der Waals surface area contributed by atoms with Crippen LogP contribution in [0.2, 0.25) is 0 Å². The van der Waals surface area contributed by atoms with Gasteiger partial charge in [0.1, 0.15) is 11.6 Å². The number of halogens is 1. The Balaban J connectivity index is 0. The number of nitrogens with zero attached hydrogens (tertiary/aromatic N) is 6. The molecule has 2 aromatic rings. The molecule has 0 spiro atoms. The van der Waals surface area contributed by atoms with E-state index in [2.05, 4.69) is 46.7 Å². The third kappa shape index (κ3) is 14.5. The molecule has 2 heterocycles. The van der Waals surface area contributed by atoms with E-state index in [1.165, 1.54) is 0 Å². The van der Waals surface area contributed by atoms with Crippen LogP contribution in [0.15, 0.2) is 24.8 Å². The topological polar surface area (TPSA) is 118 Å². The average Bonchev–Trinajstić information content (AvgIpc) is 2.73. The number of ether oxygens (including phenoxy) is 2. The first-order chi connectivity index (χ1) is 14.0. The van der Waals surface area contributed by atoms with Gasteiger partial charge in [0.2, 0.25) is 0 Å². The first kappa shape index (κ1) is 29.7. The SMILES string of the molecule is C.COCCBr.COCCC(C#N)c1cnc(C)nc1.Cc1ncc(CC#N)cn1. The fraction of sp³-hybridized carbons (Fsp3) is 0.524. The molecule has 164 valence electrons. The van der Waals surface area contributed by atoms with E-state index in [9.17, 15) is 0 Å². The summed E-state index contributed by atoms with van der Waals surface area (Å²) < 4.78 is 9.57. The van der Waals surface area contributed by atoms with Crippen molar-refractivity contribution in [1.29, 1.82) is 10.5 Å². The van der Waals surface area contributed by atoms with Gasteiger partial charge in [0.05, 0.1) is 31.1 Å². The van der Waals surface area contributed by atoms with Crippen LogP contribution in [-0.2, 0) is 15.9 Å². The standard InChI is InChI=1S/C10H13N3O.C7H7N3.C3H7BrO.CH4/c1-8-12-6-10(7-13-8)9(5-11)3-4-14-2;1-6-9-4-7(2-3-8)5-10-6;1-5-3-2-4;/h6-7,9H,3-4H2,1-2H3;4-5H,2H2,1H3;2-3H2,1H3;1H4. The zero-order valence-electron chi connectivity index (χ0n) is 17.3. The predicted molar refractivity (Wildman–Crippen MR) is 120 cm³/mol.